The number of nitrogens with zero attached hydrogens (tertiary/aromatic N) is 1. The third-order valence-corrected chi connectivity index (χ3v) is 4.62. The van der Waals surface area contributed by atoms with E-state index in [0.717, 1.165) is 5.52 Å². The zero-order chi connectivity index (χ0) is 12.8. The molecule has 0 aliphatic heterocycles. The Morgan fingerprint density at radius 1 is 1.18 bits per heavy atom. The Morgan fingerprint density at radius 3 is 2.35 bits per heavy atom. The minimum Gasteiger partial charge on any atom is -0.241 e. The number of hydrogen-bond donors (Lipinski definition) is 0. The number of hydrogen-bond acceptors (Lipinski definition) is 2. The van der Waals surface area contributed by atoms with Crippen molar-refractivity contribution in [3.05, 3.63) is 28.3 Å². The van der Waals surface area contributed by atoms with Crippen LogP contribution in [0.4, 0.5) is 0 Å². The highest BCUT2D eigenvalue weighted by molar-refractivity contribution is 7.18. The highest BCUT2D eigenvalue weighted by Gasteiger charge is 2.19. The van der Waals surface area contributed by atoms with Crippen LogP contribution in [-0.2, 0) is 5.41 Å². The average molecular weight is 247 g/mol. The Kier molecular flexibility index (Phi) is 3.03. The lowest BCUT2D eigenvalue weighted by atomic mass is 9.84. The molecule has 17 heavy (non-hydrogen) atoms. The first-order chi connectivity index (χ1) is 7.80. The predicted octanol–water partition coefficient (Wildman–Crippen LogP) is 5.03. The van der Waals surface area contributed by atoms with Crippen molar-refractivity contribution in [1.82, 2.24) is 4.98 Å². The van der Waals surface area contributed by atoms with E-state index in [9.17, 15) is 0 Å². The molecule has 1 aromatic heterocycles. The molecule has 0 saturated carbocycles. The van der Waals surface area contributed by atoms with Gasteiger partial charge in [-0.05, 0) is 29.5 Å². The van der Waals surface area contributed by atoms with Crippen LogP contribution in [0.3, 0.4) is 0 Å². The smallest absolute Gasteiger partial charge is 0.0964 e. The molecule has 2 heteroatoms. The normalized spacial score (nSPS) is 12.6. The molecule has 0 bridgehead atoms. The van der Waals surface area contributed by atoms with Gasteiger partial charge in [-0.1, -0.05) is 40.7 Å². The van der Waals surface area contributed by atoms with Crippen molar-refractivity contribution < 1.29 is 0 Å². The zero-order valence-electron chi connectivity index (χ0n) is 11.6. The summed E-state index contributed by atoms with van der Waals surface area (Å²) in [6, 6.07) is 4.41. The molecule has 2 aromatic rings. The van der Waals surface area contributed by atoms with Gasteiger partial charge in [-0.15, -0.1) is 11.3 Å². The lowest BCUT2D eigenvalue weighted by Gasteiger charge is -2.21. The highest BCUT2D eigenvalue weighted by atomic mass is 32.1. The summed E-state index contributed by atoms with van der Waals surface area (Å²) >= 11 is 1.85. The topological polar surface area (TPSA) is 12.9 Å². The summed E-state index contributed by atoms with van der Waals surface area (Å²) in [5.74, 6) is 0.518. The fraction of sp³-hybridized carbons (Fsp3) is 0.533. The molecule has 0 radical (unpaired) electrons. The summed E-state index contributed by atoms with van der Waals surface area (Å²) in [4.78, 5) is 4.71. The van der Waals surface area contributed by atoms with E-state index < -0.39 is 0 Å². The minimum absolute atomic E-state index is 0.209. The van der Waals surface area contributed by atoms with E-state index >= 15 is 0 Å². The van der Waals surface area contributed by atoms with Crippen LogP contribution < -0.4 is 0 Å². The molecular weight excluding hydrogens is 226 g/mol. The molecule has 0 N–H and O–H groups in total. The molecule has 0 spiro atoms. The summed E-state index contributed by atoms with van der Waals surface area (Å²) < 4.78 is 1.36. The van der Waals surface area contributed by atoms with E-state index in [4.69, 9.17) is 4.98 Å². The van der Waals surface area contributed by atoms with Gasteiger partial charge in [0.1, 0.15) is 0 Å². The van der Waals surface area contributed by atoms with Crippen LogP contribution in [0.25, 0.3) is 10.2 Å². The monoisotopic (exact) mass is 247 g/mol. The third kappa shape index (κ3) is 2.23. The molecule has 1 aromatic carbocycles. The van der Waals surface area contributed by atoms with Crippen LogP contribution in [0.1, 0.15) is 56.7 Å². The molecule has 0 aliphatic rings. The summed E-state index contributed by atoms with van der Waals surface area (Å²) in [6.07, 6.45) is 0. The Bertz CT molecular complexity index is 544. The SMILES string of the molecule is Cc1c(C(C)(C)C)ccc2nc(C(C)C)sc12. The van der Waals surface area contributed by atoms with E-state index in [2.05, 4.69) is 53.7 Å². The van der Waals surface area contributed by atoms with E-state index in [1.807, 2.05) is 11.3 Å². The summed E-state index contributed by atoms with van der Waals surface area (Å²) in [6.45, 7) is 13.4. The van der Waals surface area contributed by atoms with E-state index in [1.165, 1.54) is 20.8 Å². The number of benzene rings is 1. The van der Waals surface area contributed by atoms with E-state index in [0.29, 0.717) is 5.92 Å². The molecule has 0 unspecified atom stereocenters. The van der Waals surface area contributed by atoms with Gasteiger partial charge in [0.2, 0.25) is 0 Å². The number of fused-ring (bicyclic) bond motifs is 1. The third-order valence-electron chi connectivity index (χ3n) is 3.12. The van der Waals surface area contributed by atoms with Crippen molar-refractivity contribution in [1.29, 1.82) is 0 Å². The Balaban J connectivity index is 2.67. The molecule has 1 heterocycles. The lowest BCUT2D eigenvalue weighted by molar-refractivity contribution is 0.587. The first-order valence-electron chi connectivity index (χ1n) is 6.21. The van der Waals surface area contributed by atoms with Crippen LogP contribution in [0.15, 0.2) is 12.1 Å². The van der Waals surface area contributed by atoms with Gasteiger partial charge in [-0.2, -0.15) is 0 Å². The number of rotatable bonds is 1. The second kappa shape index (κ2) is 4.09. The second-order valence-corrected chi connectivity index (χ2v) is 7.07. The first-order valence-corrected chi connectivity index (χ1v) is 7.03. The Labute approximate surface area is 108 Å². The molecular formula is C15H21NS. The standard InChI is InChI=1S/C15H21NS/c1-9(2)14-16-12-8-7-11(15(4,5)6)10(3)13(12)17-14/h7-9H,1-6H3. The first kappa shape index (κ1) is 12.6. The molecule has 0 aliphatic carbocycles. The van der Waals surface area contributed by atoms with Crippen LogP contribution in [0, 0.1) is 6.92 Å². The van der Waals surface area contributed by atoms with Crippen molar-refractivity contribution in [2.45, 2.75) is 52.9 Å². The summed E-state index contributed by atoms with van der Waals surface area (Å²) in [5.41, 5.74) is 4.20. The maximum absolute atomic E-state index is 4.71. The molecule has 0 fully saturated rings. The molecule has 1 nitrogen and oxygen atoms in total. The average Bonchev–Trinajstić information content (AvgIpc) is 2.60. The fourth-order valence-corrected chi connectivity index (χ4v) is 3.27. The van der Waals surface area contributed by atoms with Crippen LogP contribution >= 0.6 is 11.3 Å². The van der Waals surface area contributed by atoms with Crippen molar-refractivity contribution >= 4 is 21.6 Å². The molecule has 0 atom stereocenters. The number of aryl methyl sites for hydroxylation is 1. The zero-order valence-corrected chi connectivity index (χ0v) is 12.4. The highest BCUT2D eigenvalue weighted by Crippen LogP contribution is 2.35. The maximum atomic E-state index is 4.71. The molecule has 0 amide bonds. The van der Waals surface area contributed by atoms with E-state index in [1.54, 1.807) is 0 Å². The van der Waals surface area contributed by atoms with Gasteiger partial charge in [-0.25, -0.2) is 4.98 Å². The van der Waals surface area contributed by atoms with Crippen LogP contribution in [0.2, 0.25) is 0 Å². The fourth-order valence-electron chi connectivity index (χ4n) is 2.20. The van der Waals surface area contributed by atoms with Gasteiger partial charge in [0.15, 0.2) is 0 Å². The quantitative estimate of drug-likeness (QED) is 0.689. The van der Waals surface area contributed by atoms with Gasteiger partial charge in [0.25, 0.3) is 0 Å². The number of thiazole rings is 1. The number of aromatic nitrogens is 1. The van der Waals surface area contributed by atoms with Crippen molar-refractivity contribution in [3.8, 4) is 0 Å². The largest absolute Gasteiger partial charge is 0.241 e. The molecule has 0 saturated heterocycles. The lowest BCUT2D eigenvalue weighted by Crippen LogP contribution is -2.12. The van der Waals surface area contributed by atoms with Crippen molar-refractivity contribution in [2.75, 3.05) is 0 Å². The van der Waals surface area contributed by atoms with Crippen LogP contribution in [0.5, 0.6) is 0 Å². The van der Waals surface area contributed by atoms with Gasteiger partial charge < -0.3 is 0 Å². The van der Waals surface area contributed by atoms with Gasteiger partial charge in [0.05, 0.1) is 15.2 Å². The summed E-state index contributed by atoms with van der Waals surface area (Å²) in [7, 11) is 0. The Morgan fingerprint density at radius 2 is 1.82 bits per heavy atom. The maximum Gasteiger partial charge on any atom is 0.0964 e. The van der Waals surface area contributed by atoms with E-state index in [-0.39, 0.29) is 5.41 Å². The van der Waals surface area contributed by atoms with Crippen molar-refractivity contribution in [3.63, 3.8) is 0 Å². The van der Waals surface area contributed by atoms with Gasteiger partial charge in [-0.3, -0.25) is 0 Å². The Hall–Kier alpha value is -0.890. The van der Waals surface area contributed by atoms with Crippen LogP contribution in [-0.4, -0.2) is 4.98 Å². The molecule has 92 valence electrons. The molecule has 2 rings (SSSR count). The predicted molar refractivity (Wildman–Crippen MR) is 77.1 cm³/mol. The van der Waals surface area contributed by atoms with Crippen molar-refractivity contribution in [2.24, 2.45) is 0 Å². The van der Waals surface area contributed by atoms with Gasteiger partial charge >= 0.3 is 0 Å². The minimum atomic E-state index is 0.209. The van der Waals surface area contributed by atoms with Gasteiger partial charge in [0, 0.05) is 5.92 Å². The summed E-state index contributed by atoms with van der Waals surface area (Å²) in [5, 5.41) is 1.24. The second-order valence-electron chi connectivity index (χ2n) is 6.04.